The first-order valence-corrected chi connectivity index (χ1v) is 15.9. The van der Waals surface area contributed by atoms with Crippen LogP contribution in [0.15, 0.2) is 24.5 Å². The number of nitrogens with zero attached hydrogens (tertiary/aromatic N) is 4. The summed E-state index contributed by atoms with van der Waals surface area (Å²) in [5.74, 6) is 3.30. The summed E-state index contributed by atoms with van der Waals surface area (Å²) in [6.07, 6.45) is 20.8. The number of nitrogens with two attached hydrogens (primary N) is 1. The second-order valence-electron chi connectivity index (χ2n) is 11.4. The number of aromatic nitrogens is 2. The Labute approximate surface area is 242 Å². The highest BCUT2D eigenvalue weighted by molar-refractivity contribution is 5.75. The number of nitrogens with one attached hydrogen (secondary N) is 1. The van der Waals surface area contributed by atoms with Gasteiger partial charge in [-0.25, -0.2) is 9.97 Å². The van der Waals surface area contributed by atoms with Crippen molar-refractivity contribution in [2.24, 2.45) is 0 Å². The van der Waals surface area contributed by atoms with Crippen LogP contribution in [-0.2, 0) is 6.54 Å². The first-order chi connectivity index (χ1) is 19.7. The van der Waals surface area contributed by atoms with Gasteiger partial charge in [-0.3, -0.25) is 4.90 Å². The summed E-state index contributed by atoms with van der Waals surface area (Å²) in [7, 11) is 0. The predicted molar refractivity (Wildman–Crippen MR) is 165 cm³/mol. The number of rotatable bonds is 19. The second-order valence-corrected chi connectivity index (χ2v) is 11.4. The van der Waals surface area contributed by atoms with Gasteiger partial charge in [0, 0.05) is 39.3 Å². The monoisotopic (exact) mass is 552 g/mol. The van der Waals surface area contributed by atoms with E-state index in [9.17, 15) is 0 Å². The summed E-state index contributed by atoms with van der Waals surface area (Å²) in [6.45, 7) is 8.11. The quantitative estimate of drug-likeness (QED) is 0.180. The zero-order chi connectivity index (χ0) is 27.8. The molecule has 0 bridgehead atoms. The largest absolute Gasteiger partial charge is 0.454 e. The van der Waals surface area contributed by atoms with Gasteiger partial charge in [0.2, 0.25) is 6.79 Å². The molecule has 2 aliphatic heterocycles. The maximum Gasteiger partial charge on any atom is 0.231 e. The number of ether oxygens (including phenoxy) is 2. The highest BCUT2D eigenvalue weighted by Gasteiger charge is 2.22. The van der Waals surface area contributed by atoms with Crippen LogP contribution in [0.1, 0.15) is 102 Å². The number of hydrogen-bond acceptors (Lipinski definition) is 8. The smallest absolute Gasteiger partial charge is 0.231 e. The minimum atomic E-state index is 0.314. The van der Waals surface area contributed by atoms with Crippen LogP contribution in [-0.4, -0.2) is 54.4 Å². The average Bonchev–Trinajstić information content (AvgIpc) is 3.44. The Balaban J connectivity index is 1.06. The van der Waals surface area contributed by atoms with Gasteiger partial charge < -0.3 is 25.4 Å². The van der Waals surface area contributed by atoms with E-state index in [0.717, 1.165) is 68.8 Å². The fourth-order valence-corrected chi connectivity index (χ4v) is 5.72. The second kappa shape index (κ2) is 17.2. The Morgan fingerprint density at radius 1 is 0.775 bits per heavy atom. The Morgan fingerprint density at radius 2 is 1.40 bits per heavy atom. The van der Waals surface area contributed by atoms with Crippen LogP contribution < -0.4 is 25.4 Å². The number of fused-ring (bicyclic) bond motifs is 1. The van der Waals surface area contributed by atoms with Gasteiger partial charge in [-0.15, -0.1) is 0 Å². The van der Waals surface area contributed by atoms with E-state index in [-0.39, 0.29) is 0 Å². The summed E-state index contributed by atoms with van der Waals surface area (Å²) in [5.41, 5.74) is 8.43. The van der Waals surface area contributed by atoms with E-state index in [4.69, 9.17) is 15.2 Å². The molecule has 1 aromatic carbocycles. The van der Waals surface area contributed by atoms with Crippen LogP contribution in [0.25, 0.3) is 0 Å². The molecule has 4 rings (SSSR count). The highest BCUT2D eigenvalue weighted by atomic mass is 16.7. The zero-order valence-corrected chi connectivity index (χ0v) is 24.8. The minimum absolute atomic E-state index is 0.314. The Hall–Kier alpha value is -2.74. The van der Waals surface area contributed by atoms with E-state index in [1.807, 2.05) is 6.07 Å². The molecule has 2 aliphatic rings. The number of hydrogen-bond donors (Lipinski definition) is 2. The predicted octanol–water partition coefficient (Wildman–Crippen LogP) is 7.00. The van der Waals surface area contributed by atoms with E-state index in [0.29, 0.717) is 12.5 Å². The number of piperazine rings is 1. The van der Waals surface area contributed by atoms with Crippen molar-refractivity contribution in [1.29, 1.82) is 0 Å². The summed E-state index contributed by atoms with van der Waals surface area (Å²) in [6, 6.07) is 6.22. The molecule has 8 heteroatoms. The average molecular weight is 553 g/mol. The lowest BCUT2D eigenvalue weighted by Gasteiger charge is -2.36. The maximum absolute atomic E-state index is 6.52. The molecule has 1 saturated heterocycles. The van der Waals surface area contributed by atoms with Gasteiger partial charge in [-0.05, 0) is 24.1 Å². The van der Waals surface area contributed by atoms with Crippen molar-refractivity contribution in [2.45, 2.75) is 103 Å². The van der Waals surface area contributed by atoms with Crippen molar-refractivity contribution in [2.75, 3.05) is 55.5 Å². The first kappa shape index (κ1) is 30.2. The Bertz CT molecular complexity index is 995. The van der Waals surface area contributed by atoms with E-state index >= 15 is 0 Å². The highest BCUT2D eigenvalue weighted by Crippen LogP contribution is 2.33. The van der Waals surface area contributed by atoms with Gasteiger partial charge in [0.05, 0.1) is 0 Å². The van der Waals surface area contributed by atoms with Gasteiger partial charge in [0.1, 0.15) is 12.0 Å². The third-order valence-electron chi connectivity index (χ3n) is 8.20. The molecule has 0 atom stereocenters. The molecule has 0 aliphatic carbocycles. The van der Waals surface area contributed by atoms with Gasteiger partial charge >= 0.3 is 0 Å². The van der Waals surface area contributed by atoms with Gasteiger partial charge in [-0.1, -0.05) is 96.5 Å². The van der Waals surface area contributed by atoms with Crippen LogP contribution >= 0.6 is 0 Å². The molecule has 0 unspecified atom stereocenters. The van der Waals surface area contributed by atoms with Crippen LogP contribution in [0.4, 0.5) is 17.3 Å². The molecule has 3 heterocycles. The first-order valence-electron chi connectivity index (χ1n) is 15.9. The van der Waals surface area contributed by atoms with Crippen LogP contribution in [0.3, 0.4) is 0 Å². The molecule has 222 valence electrons. The van der Waals surface area contributed by atoms with E-state index in [1.165, 1.54) is 89.0 Å². The Morgan fingerprint density at radius 3 is 2.08 bits per heavy atom. The number of unbranched alkanes of at least 4 members (excludes halogenated alkanes) is 13. The molecular formula is C32H52N6O2. The van der Waals surface area contributed by atoms with Crippen molar-refractivity contribution >= 4 is 17.3 Å². The third-order valence-corrected chi connectivity index (χ3v) is 8.20. The zero-order valence-electron chi connectivity index (χ0n) is 24.8. The van der Waals surface area contributed by atoms with Gasteiger partial charge in [0.25, 0.3) is 0 Å². The lowest BCUT2D eigenvalue weighted by Crippen LogP contribution is -2.46. The standard InChI is InChI=1S/C32H52N6O2/c1-2-3-4-5-6-7-8-9-10-11-12-13-14-15-18-34-31-30(33)32(36-25-35-31)38-21-19-37(20-22-38)24-27-16-17-28-29(23-27)40-26-39-28/h16-17,23,25H,2-15,18-22,24,26,33H2,1H3,(H,34,35,36). The summed E-state index contributed by atoms with van der Waals surface area (Å²) in [5, 5.41) is 3.46. The van der Waals surface area contributed by atoms with Gasteiger partial charge in [-0.2, -0.15) is 0 Å². The SMILES string of the molecule is CCCCCCCCCCCCCCCCNc1ncnc(N2CCN(Cc3ccc4c(c3)OCO4)CC2)c1N. The lowest BCUT2D eigenvalue weighted by molar-refractivity contribution is 0.174. The third kappa shape index (κ3) is 9.72. The molecule has 40 heavy (non-hydrogen) atoms. The van der Waals surface area contributed by atoms with Gasteiger partial charge in [0.15, 0.2) is 23.1 Å². The maximum atomic E-state index is 6.52. The summed E-state index contributed by atoms with van der Waals surface area (Å²) < 4.78 is 11.0. The van der Waals surface area contributed by atoms with E-state index in [2.05, 4.69) is 44.1 Å². The molecule has 1 fully saturated rings. The summed E-state index contributed by atoms with van der Waals surface area (Å²) >= 11 is 0. The van der Waals surface area contributed by atoms with E-state index < -0.39 is 0 Å². The molecule has 0 spiro atoms. The summed E-state index contributed by atoms with van der Waals surface area (Å²) in [4.78, 5) is 13.7. The number of nitrogen functional groups attached to an aromatic ring is 1. The molecule has 0 amide bonds. The van der Waals surface area contributed by atoms with Crippen LogP contribution in [0, 0.1) is 0 Å². The minimum Gasteiger partial charge on any atom is -0.454 e. The van der Waals surface area contributed by atoms with Crippen LogP contribution in [0.2, 0.25) is 0 Å². The van der Waals surface area contributed by atoms with Crippen molar-refractivity contribution in [3.63, 3.8) is 0 Å². The normalized spacial score (nSPS) is 15.1. The van der Waals surface area contributed by atoms with Crippen molar-refractivity contribution in [1.82, 2.24) is 14.9 Å². The van der Waals surface area contributed by atoms with Crippen LogP contribution in [0.5, 0.6) is 11.5 Å². The molecular weight excluding hydrogens is 500 g/mol. The van der Waals surface area contributed by atoms with E-state index in [1.54, 1.807) is 6.33 Å². The number of benzene rings is 1. The lowest BCUT2D eigenvalue weighted by atomic mass is 10.0. The number of anilines is 3. The topological polar surface area (TPSA) is 88.8 Å². The fourth-order valence-electron chi connectivity index (χ4n) is 5.72. The molecule has 0 saturated carbocycles. The molecule has 2 aromatic rings. The molecule has 0 radical (unpaired) electrons. The molecule has 8 nitrogen and oxygen atoms in total. The van der Waals surface area contributed by atoms with Crippen molar-refractivity contribution < 1.29 is 9.47 Å². The molecule has 1 aromatic heterocycles. The molecule has 3 N–H and O–H groups in total. The fraction of sp³-hybridized carbons (Fsp3) is 0.688. The Kier molecular flexibility index (Phi) is 13.0. The van der Waals surface area contributed by atoms with Crippen molar-refractivity contribution in [3.05, 3.63) is 30.1 Å². The van der Waals surface area contributed by atoms with Crippen molar-refractivity contribution in [3.8, 4) is 11.5 Å².